The molecular weight excluding hydrogens is 402 g/mol. The Hall–Kier alpha value is -3.03. The van der Waals surface area contributed by atoms with Crippen molar-refractivity contribution in [1.82, 2.24) is 20.2 Å². The Kier molecular flexibility index (Phi) is 6.67. The Morgan fingerprint density at radius 2 is 2.06 bits per heavy atom. The number of pyridine rings is 2. The highest BCUT2D eigenvalue weighted by Crippen LogP contribution is 2.27. The maximum atomic E-state index is 12.9. The second-order valence-corrected chi connectivity index (χ2v) is 8.72. The van der Waals surface area contributed by atoms with Crippen molar-refractivity contribution in [3.05, 3.63) is 65.5 Å². The van der Waals surface area contributed by atoms with Crippen molar-refractivity contribution >= 4 is 22.6 Å². The molecule has 0 spiro atoms. The normalized spacial score (nSPS) is 17.0. The van der Waals surface area contributed by atoms with Gasteiger partial charge >= 0.3 is 0 Å². The molecule has 1 aliphatic rings. The lowest BCUT2D eigenvalue weighted by Gasteiger charge is -2.33. The monoisotopic (exact) mass is 433 g/mol. The van der Waals surface area contributed by atoms with Crippen LogP contribution in [0.15, 0.2) is 48.7 Å². The van der Waals surface area contributed by atoms with E-state index in [1.807, 2.05) is 75.4 Å². The standard InChI is InChI=1S/C25H31N5O2/c1-17(2)27-25(31)20-14-22(28-21-10-6-5-9-19(20)21)23-16-30(12-13-32-23)15-18-8-7-11-26-24(18)29(3)4/h5-11,14,17,23H,12-13,15-16H2,1-4H3,(H,27,31). The third kappa shape index (κ3) is 4.89. The summed E-state index contributed by atoms with van der Waals surface area (Å²) in [6.07, 6.45) is 1.63. The molecule has 7 nitrogen and oxygen atoms in total. The van der Waals surface area contributed by atoms with Crippen LogP contribution < -0.4 is 10.2 Å². The molecular formula is C25H31N5O2. The number of hydrogen-bond acceptors (Lipinski definition) is 6. The van der Waals surface area contributed by atoms with E-state index in [4.69, 9.17) is 9.72 Å². The lowest BCUT2D eigenvalue weighted by atomic mass is 10.0. The molecule has 0 aliphatic carbocycles. The van der Waals surface area contributed by atoms with E-state index in [0.29, 0.717) is 18.7 Å². The summed E-state index contributed by atoms with van der Waals surface area (Å²) >= 11 is 0. The van der Waals surface area contributed by atoms with E-state index in [0.717, 1.165) is 35.5 Å². The minimum absolute atomic E-state index is 0.0599. The van der Waals surface area contributed by atoms with Gasteiger partial charge in [0.2, 0.25) is 0 Å². The van der Waals surface area contributed by atoms with Crippen molar-refractivity contribution in [3.8, 4) is 0 Å². The maximum absolute atomic E-state index is 12.9. The molecule has 1 aromatic carbocycles. The van der Waals surface area contributed by atoms with E-state index in [2.05, 4.69) is 21.3 Å². The topological polar surface area (TPSA) is 70.6 Å². The van der Waals surface area contributed by atoms with Crippen molar-refractivity contribution in [1.29, 1.82) is 0 Å². The number of nitrogens with one attached hydrogen (secondary N) is 1. The summed E-state index contributed by atoms with van der Waals surface area (Å²) in [7, 11) is 4.02. The van der Waals surface area contributed by atoms with Crippen LogP contribution in [0.3, 0.4) is 0 Å². The zero-order valence-corrected chi connectivity index (χ0v) is 19.2. The van der Waals surface area contributed by atoms with Crippen molar-refractivity contribution < 1.29 is 9.53 Å². The van der Waals surface area contributed by atoms with E-state index >= 15 is 0 Å². The van der Waals surface area contributed by atoms with Crippen molar-refractivity contribution in [2.45, 2.75) is 32.5 Å². The zero-order chi connectivity index (χ0) is 22.7. The first kappa shape index (κ1) is 22.2. The number of morpholine rings is 1. The second kappa shape index (κ2) is 9.63. The van der Waals surface area contributed by atoms with Crippen molar-refractivity contribution in [2.75, 3.05) is 38.7 Å². The van der Waals surface area contributed by atoms with Crippen LogP contribution in [-0.2, 0) is 11.3 Å². The van der Waals surface area contributed by atoms with E-state index in [-0.39, 0.29) is 18.1 Å². The van der Waals surface area contributed by atoms with Gasteiger partial charge in [0, 0.05) is 56.9 Å². The lowest BCUT2D eigenvalue weighted by molar-refractivity contribution is -0.0348. The third-order valence-corrected chi connectivity index (χ3v) is 5.57. The highest BCUT2D eigenvalue weighted by atomic mass is 16.5. The number of para-hydroxylation sites is 1. The first-order valence-electron chi connectivity index (χ1n) is 11.1. The van der Waals surface area contributed by atoms with Gasteiger partial charge in [0.25, 0.3) is 5.91 Å². The Morgan fingerprint density at radius 1 is 1.25 bits per heavy atom. The highest BCUT2D eigenvalue weighted by molar-refractivity contribution is 6.06. The molecule has 0 radical (unpaired) electrons. The zero-order valence-electron chi connectivity index (χ0n) is 19.2. The number of benzene rings is 1. The Balaban J connectivity index is 1.61. The van der Waals surface area contributed by atoms with Crippen LogP contribution in [0.4, 0.5) is 5.82 Å². The molecule has 1 fully saturated rings. The molecule has 3 heterocycles. The lowest BCUT2D eigenvalue weighted by Crippen LogP contribution is -2.38. The number of nitrogens with zero attached hydrogens (tertiary/aromatic N) is 4. The first-order valence-corrected chi connectivity index (χ1v) is 11.1. The molecule has 168 valence electrons. The fourth-order valence-electron chi connectivity index (χ4n) is 4.11. The van der Waals surface area contributed by atoms with Gasteiger partial charge in [0.15, 0.2) is 0 Å². The Labute approximate surface area is 189 Å². The minimum Gasteiger partial charge on any atom is -0.369 e. The molecule has 1 aliphatic heterocycles. The number of ether oxygens (including phenoxy) is 1. The second-order valence-electron chi connectivity index (χ2n) is 8.72. The number of anilines is 1. The van der Waals surface area contributed by atoms with E-state index in [1.165, 1.54) is 5.56 Å². The quantitative estimate of drug-likeness (QED) is 0.643. The van der Waals surface area contributed by atoms with Crippen LogP contribution in [0, 0.1) is 0 Å². The van der Waals surface area contributed by atoms with Gasteiger partial charge in [-0.1, -0.05) is 24.3 Å². The van der Waals surface area contributed by atoms with E-state index in [9.17, 15) is 4.79 Å². The number of amides is 1. The molecule has 1 atom stereocenters. The van der Waals surface area contributed by atoms with Gasteiger partial charge in [-0.15, -0.1) is 0 Å². The summed E-state index contributed by atoms with van der Waals surface area (Å²) in [5, 5.41) is 3.86. The molecule has 3 aromatic rings. The van der Waals surface area contributed by atoms with Crippen LogP contribution >= 0.6 is 0 Å². The van der Waals surface area contributed by atoms with Crippen LogP contribution in [0.1, 0.15) is 41.6 Å². The number of rotatable bonds is 6. The van der Waals surface area contributed by atoms with Gasteiger partial charge in [-0.3, -0.25) is 9.69 Å². The molecule has 1 unspecified atom stereocenters. The number of carbonyl (C=O) groups is 1. The third-order valence-electron chi connectivity index (χ3n) is 5.57. The predicted molar refractivity (Wildman–Crippen MR) is 127 cm³/mol. The SMILES string of the molecule is CC(C)NC(=O)c1cc(C2CN(Cc3cccnc3N(C)C)CCO2)nc2ccccc12. The molecule has 7 heteroatoms. The first-order chi connectivity index (χ1) is 15.4. The summed E-state index contributed by atoms with van der Waals surface area (Å²) in [6.45, 7) is 6.88. The largest absolute Gasteiger partial charge is 0.369 e. The summed E-state index contributed by atoms with van der Waals surface area (Å²) in [4.78, 5) is 26.7. The molecule has 0 bridgehead atoms. The Bertz CT molecular complexity index is 1100. The molecule has 1 saturated heterocycles. The number of aromatic nitrogens is 2. The number of hydrogen-bond donors (Lipinski definition) is 1. The van der Waals surface area contributed by atoms with Gasteiger partial charge in [-0.2, -0.15) is 0 Å². The summed E-state index contributed by atoms with van der Waals surface area (Å²) in [5.74, 6) is 0.894. The predicted octanol–water partition coefficient (Wildman–Crippen LogP) is 3.41. The van der Waals surface area contributed by atoms with Crippen LogP contribution in [0.2, 0.25) is 0 Å². The minimum atomic E-state index is -0.196. The highest BCUT2D eigenvalue weighted by Gasteiger charge is 2.26. The average Bonchev–Trinajstić information content (AvgIpc) is 2.78. The van der Waals surface area contributed by atoms with E-state index in [1.54, 1.807) is 0 Å². The van der Waals surface area contributed by atoms with Crippen LogP contribution in [-0.4, -0.2) is 60.6 Å². The average molecular weight is 434 g/mol. The van der Waals surface area contributed by atoms with Gasteiger partial charge in [-0.05, 0) is 32.0 Å². The molecule has 1 amide bonds. The Morgan fingerprint density at radius 3 is 2.84 bits per heavy atom. The summed E-state index contributed by atoms with van der Waals surface area (Å²) in [5.41, 5.74) is 3.42. The molecule has 1 N–H and O–H groups in total. The van der Waals surface area contributed by atoms with E-state index < -0.39 is 0 Å². The number of carbonyl (C=O) groups excluding carboxylic acids is 1. The van der Waals surface area contributed by atoms with Gasteiger partial charge in [0.05, 0.1) is 23.4 Å². The van der Waals surface area contributed by atoms with Crippen LogP contribution in [0.25, 0.3) is 10.9 Å². The molecule has 4 rings (SSSR count). The molecule has 32 heavy (non-hydrogen) atoms. The molecule has 2 aromatic heterocycles. The summed E-state index contributed by atoms with van der Waals surface area (Å²) < 4.78 is 6.11. The number of fused-ring (bicyclic) bond motifs is 1. The van der Waals surface area contributed by atoms with Gasteiger partial charge in [0.1, 0.15) is 11.9 Å². The maximum Gasteiger partial charge on any atom is 0.252 e. The summed E-state index contributed by atoms with van der Waals surface area (Å²) in [6, 6.07) is 13.8. The van der Waals surface area contributed by atoms with Crippen molar-refractivity contribution in [3.63, 3.8) is 0 Å². The molecule has 0 saturated carbocycles. The van der Waals surface area contributed by atoms with Crippen LogP contribution in [0.5, 0.6) is 0 Å². The fraction of sp³-hybridized carbons (Fsp3) is 0.400. The van der Waals surface area contributed by atoms with Gasteiger partial charge < -0.3 is 15.0 Å². The van der Waals surface area contributed by atoms with Gasteiger partial charge in [-0.25, -0.2) is 9.97 Å². The van der Waals surface area contributed by atoms with Crippen molar-refractivity contribution in [2.24, 2.45) is 0 Å². The fourth-order valence-corrected chi connectivity index (χ4v) is 4.11. The smallest absolute Gasteiger partial charge is 0.252 e.